The van der Waals surface area contributed by atoms with Gasteiger partial charge in [-0.05, 0) is 24.2 Å². The van der Waals surface area contributed by atoms with E-state index in [1.165, 1.54) is 0 Å². The van der Waals surface area contributed by atoms with Crippen LogP contribution in [0.5, 0.6) is 0 Å². The first-order valence-corrected chi connectivity index (χ1v) is 8.18. The normalized spacial score (nSPS) is 12.4. The third kappa shape index (κ3) is 5.01. The Kier molecular flexibility index (Phi) is 8.60. The van der Waals surface area contributed by atoms with Crippen molar-refractivity contribution in [3.8, 4) is 0 Å². The van der Waals surface area contributed by atoms with Gasteiger partial charge in [-0.25, -0.2) is 0 Å². The second-order valence-corrected chi connectivity index (χ2v) is 6.76. The van der Waals surface area contributed by atoms with Gasteiger partial charge in [0.2, 0.25) is 0 Å². The number of carboxylic acids is 2. The average molecular weight is 300 g/mol. The van der Waals surface area contributed by atoms with Crippen molar-refractivity contribution in [1.29, 1.82) is 0 Å². The molecule has 2 N–H and O–H groups in total. The van der Waals surface area contributed by atoms with E-state index >= 15 is 0 Å². The van der Waals surface area contributed by atoms with Crippen LogP contribution in [0.2, 0.25) is 0 Å². The predicted molar refractivity (Wildman–Crippen MR) is 84.2 cm³/mol. The van der Waals surface area contributed by atoms with Crippen LogP contribution >= 0.6 is 0 Å². The van der Waals surface area contributed by atoms with Crippen LogP contribution in [0.25, 0.3) is 0 Å². The van der Waals surface area contributed by atoms with Crippen molar-refractivity contribution >= 4 is 11.9 Å². The summed E-state index contributed by atoms with van der Waals surface area (Å²) >= 11 is 0. The Labute approximate surface area is 128 Å². The molecule has 4 nitrogen and oxygen atoms in total. The van der Waals surface area contributed by atoms with Gasteiger partial charge >= 0.3 is 11.9 Å². The zero-order valence-electron chi connectivity index (χ0n) is 14.2. The second kappa shape index (κ2) is 9.06. The van der Waals surface area contributed by atoms with Crippen molar-refractivity contribution in [3.05, 3.63) is 0 Å². The van der Waals surface area contributed by atoms with Gasteiger partial charge in [0.1, 0.15) is 0 Å². The molecule has 0 amide bonds. The SMILES string of the molecule is CCCCCCCC(C(=O)O)(C(=O)O)C(C(C)C)C(C)C. The Hall–Kier alpha value is -1.06. The molecule has 0 rings (SSSR count). The smallest absolute Gasteiger partial charge is 0.321 e. The van der Waals surface area contributed by atoms with E-state index in [0.717, 1.165) is 25.7 Å². The summed E-state index contributed by atoms with van der Waals surface area (Å²) in [7, 11) is 0. The van der Waals surface area contributed by atoms with Gasteiger partial charge < -0.3 is 10.2 Å². The minimum atomic E-state index is -1.66. The van der Waals surface area contributed by atoms with E-state index in [2.05, 4.69) is 6.92 Å². The van der Waals surface area contributed by atoms with Crippen molar-refractivity contribution in [1.82, 2.24) is 0 Å². The van der Waals surface area contributed by atoms with E-state index in [-0.39, 0.29) is 24.2 Å². The lowest BCUT2D eigenvalue weighted by atomic mass is 9.63. The van der Waals surface area contributed by atoms with E-state index in [1.807, 2.05) is 27.7 Å². The second-order valence-electron chi connectivity index (χ2n) is 6.76. The highest BCUT2D eigenvalue weighted by molar-refractivity contribution is 5.98. The van der Waals surface area contributed by atoms with Crippen LogP contribution in [0.4, 0.5) is 0 Å². The van der Waals surface area contributed by atoms with E-state index in [9.17, 15) is 19.8 Å². The lowest BCUT2D eigenvalue weighted by Crippen LogP contribution is -2.49. The highest BCUT2D eigenvalue weighted by Gasteiger charge is 2.54. The predicted octanol–water partition coefficient (Wildman–Crippen LogP) is 4.43. The van der Waals surface area contributed by atoms with Crippen LogP contribution in [-0.4, -0.2) is 22.2 Å². The zero-order valence-corrected chi connectivity index (χ0v) is 14.2. The fourth-order valence-electron chi connectivity index (χ4n) is 3.67. The minimum Gasteiger partial charge on any atom is -0.480 e. The Bertz CT molecular complexity index is 312. The lowest BCUT2D eigenvalue weighted by Gasteiger charge is -2.39. The number of carbonyl (C=O) groups is 2. The maximum Gasteiger partial charge on any atom is 0.321 e. The van der Waals surface area contributed by atoms with Crippen LogP contribution < -0.4 is 0 Å². The summed E-state index contributed by atoms with van der Waals surface area (Å²) in [5.74, 6) is -2.69. The molecule has 21 heavy (non-hydrogen) atoms. The summed E-state index contributed by atoms with van der Waals surface area (Å²) in [5, 5.41) is 19.4. The summed E-state index contributed by atoms with van der Waals surface area (Å²) in [6.07, 6.45) is 5.06. The molecule has 0 bridgehead atoms. The summed E-state index contributed by atoms with van der Waals surface area (Å²) < 4.78 is 0. The molecule has 0 spiro atoms. The molecule has 0 aliphatic heterocycles. The highest BCUT2D eigenvalue weighted by atomic mass is 16.4. The Morgan fingerprint density at radius 2 is 1.29 bits per heavy atom. The number of carboxylic acid groups (broad SMARTS) is 2. The summed E-state index contributed by atoms with van der Waals surface area (Å²) in [4.78, 5) is 23.7. The van der Waals surface area contributed by atoms with Crippen molar-refractivity contribution < 1.29 is 19.8 Å². The molecule has 0 aromatic rings. The van der Waals surface area contributed by atoms with Crippen LogP contribution in [0.1, 0.15) is 73.1 Å². The molecule has 0 saturated carbocycles. The number of unbranched alkanes of at least 4 members (excludes halogenated alkanes) is 4. The molecule has 0 fully saturated rings. The molecule has 124 valence electrons. The largest absolute Gasteiger partial charge is 0.480 e. The van der Waals surface area contributed by atoms with Crippen LogP contribution in [0.3, 0.4) is 0 Å². The van der Waals surface area contributed by atoms with Crippen molar-refractivity contribution in [3.63, 3.8) is 0 Å². The van der Waals surface area contributed by atoms with Crippen LogP contribution in [0, 0.1) is 23.2 Å². The molecule has 0 aliphatic rings. The zero-order chi connectivity index (χ0) is 16.6. The molecule has 0 aliphatic carbocycles. The summed E-state index contributed by atoms with van der Waals surface area (Å²) in [5.41, 5.74) is -1.66. The van der Waals surface area contributed by atoms with Gasteiger partial charge in [0.15, 0.2) is 5.41 Å². The first-order valence-electron chi connectivity index (χ1n) is 8.18. The third-order valence-corrected chi connectivity index (χ3v) is 4.44. The standard InChI is InChI=1S/C17H32O4/c1-6-7-8-9-10-11-17(15(18)19,16(20)21)14(12(2)3)13(4)5/h12-14H,6-11H2,1-5H3,(H,18,19)(H,20,21). The Morgan fingerprint density at radius 3 is 1.62 bits per heavy atom. The maximum atomic E-state index is 11.9. The fourth-order valence-corrected chi connectivity index (χ4v) is 3.67. The summed E-state index contributed by atoms with van der Waals surface area (Å²) in [6.45, 7) is 9.79. The third-order valence-electron chi connectivity index (χ3n) is 4.44. The number of rotatable bonds is 11. The topological polar surface area (TPSA) is 74.6 Å². The van der Waals surface area contributed by atoms with Crippen LogP contribution in [-0.2, 0) is 9.59 Å². The lowest BCUT2D eigenvalue weighted by molar-refractivity contribution is -0.174. The molecular weight excluding hydrogens is 268 g/mol. The van der Waals surface area contributed by atoms with Crippen molar-refractivity contribution in [2.75, 3.05) is 0 Å². The van der Waals surface area contributed by atoms with E-state index in [0.29, 0.717) is 6.42 Å². The quantitative estimate of drug-likeness (QED) is 0.437. The number of aliphatic carboxylic acids is 2. The first-order chi connectivity index (χ1) is 9.71. The Balaban J connectivity index is 5.26. The highest BCUT2D eigenvalue weighted by Crippen LogP contribution is 2.43. The molecular formula is C17H32O4. The van der Waals surface area contributed by atoms with Crippen LogP contribution in [0.15, 0.2) is 0 Å². The molecule has 0 atom stereocenters. The Morgan fingerprint density at radius 1 is 0.857 bits per heavy atom. The fraction of sp³-hybridized carbons (Fsp3) is 0.882. The van der Waals surface area contributed by atoms with Gasteiger partial charge in [-0.15, -0.1) is 0 Å². The van der Waals surface area contributed by atoms with E-state index in [4.69, 9.17) is 0 Å². The van der Waals surface area contributed by atoms with Gasteiger partial charge in [-0.1, -0.05) is 66.7 Å². The van der Waals surface area contributed by atoms with Crippen molar-refractivity contribution in [2.24, 2.45) is 23.2 Å². The molecule has 0 radical (unpaired) electrons. The molecule has 4 heteroatoms. The van der Waals surface area contributed by atoms with Gasteiger partial charge in [-0.3, -0.25) is 9.59 Å². The van der Waals surface area contributed by atoms with Gasteiger partial charge in [0.25, 0.3) is 0 Å². The maximum absolute atomic E-state index is 11.9. The number of hydrogen-bond donors (Lipinski definition) is 2. The van der Waals surface area contributed by atoms with Gasteiger partial charge in [0.05, 0.1) is 0 Å². The first kappa shape index (κ1) is 19.9. The van der Waals surface area contributed by atoms with Gasteiger partial charge in [-0.2, -0.15) is 0 Å². The van der Waals surface area contributed by atoms with E-state index in [1.54, 1.807) is 0 Å². The number of hydrogen-bond acceptors (Lipinski definition) is 2. The van der Waals surface area contributed by atoms with Crippen molar-refractivity contribution in [2.45, 2.75) is 73.1 Å². The average Bonchev–Trinajstić information content (AvgIpc) is 2.35. The molecule has 0 unspecified atom stereocenters. The summed E-state index contributed by atoms with van der Waals surface area (Å²) in [6, 6.07) is 0. The van der Waals surface area contributed by atoms with Gasteiger partial charge in [0, 0.05) is 0 Å². The monoisotopic (exact) mass is 300 g/mol. The minimum absolute atomic E-state index is 0.0211. The van der Waals surface area contributed by atoms with E-state index < -0.39 is 17.4 Å². The molecule has 0 heterocycles. The molecule has 0 aromatic carbocycles. The molecule has 0 saturated heterocycles. The molecule has 0 aromatic heterocycles.